The minimum atomic E-state index is -2.23. The summed E-state index contributed by atoms with van der Waals surface area (Å²) in [7, 11) is -2.23. The van der Waals surface area contributed by atoms with E-state index in [0.29, 0.717) is 22.7 Å². The lowest BCUT2D eigenvalue weighted by atomic mass is 10.1. The Kier molecular flexibility index (Phi) is 8.76. The maximum Gasteiger partial charge on any atom is 0.223 e. The number of carbonyl (C=O) groups excluding carboxylic acids is 2. The van der Waals surface area contributed by atoms with Crippen molar-refractivity contribution >= 4 is 72.8 Å². The Morgan fingerprint density at radius 1 is 1.12 bits per heavy atom. The minimum Gasteiger partial charge on any atom is -0.368 e. The third-order valence-corrected chi connectivity index (χ3v) is 13.9. The number of hydrogen-bond donors (Lipinski definition) is 3. The topological polar surface area (TPSA) is 104 Å². The summed E-state index contributed by atoms with van der Waals surface area (Å²) >= 11 is 15.5. The number of hydrogen-bond acceptors (Lipinski definition) is 8. The Hall–Kier alpha value is -1.15. The zero-order valence-electron chi connectivity index (χ0n) is 20.2. The monoisotopic (exact) mass is 542 g/mol. The Labute approximate surface area is 217 Å². The average Bonchev–Trinajstić information content (AvgIpc) is 3.41. The number of anilines is 1. The molecule has 1 aliphatic rings. The molecule has 0 saturated heterocycles. The van der Waals surface area contributed by atoms with Gasteiger partial charge < -0.3 is 10.3 Å². The van der Waals surface area contributed by atoms with Gasteiger partial charge in [0.15, 0.2) is 22.4 Å². The molecule has 0 aromatic carbocycles. The molecule has 2 heterocycles. The van der Waals surface area contributed by atoms with E-state index in [-0.39, 0.29) is 57.5 Å². The molecule has 0 radical (unpaired) electrons. The van der Waals surface area contributed by atoms with E-state index < -0.39 is 7.26 Å². The van der Waals surface area contributed by atoms with Gasteiger partial charge in [0.1, 0.15) is 16.8 Å². The van der Waals surface area contributed by atoms with E-state index in [1.54, 1.807) is 6.33 Å². The molecule has 7 nitrogen and oxygen atoms in total. The molecule has 0 unspecified atom stereocenters. The van der Waals surface area contributed by atoms with Crippen LogP contribution in [0.2, 0.25) is 5.15 Å². The number of halogens is 1. The largest absolute Gasteiger partial charge is 0.368 e. The first-order valence-electron chi connectivity index (χ1n) is 11.5. The van der Waals surface area contributed by atoms with Gasteiger partial charge in [0.2, 0.25) is 5.95 Å². The van der Waals surface area contributed by atoms with Gasteiger partial charge in [-0.05, 0) is 6.08 Å². The van der Waals surface area contributed by atoms with Crippen molar-refractivity contribution in [2.24, 2.45) is 11.8 Å². The molecule has 1 aliphatic carbocycles. The number of rotatable bonds is 10. The van der Waals surface area contributed by atoms with Gasteiger partial charge in [-0.1, -0.05) is 45.4 Å². The molecule has 2 N–H and O–H groups in total. The third-order valence-electron chi connectivity index (χ3n) is 6.99. The number of Topliss-reactive ketones (excluding diaryl/α,β-unsaturated/α-hetero) is 2. The number of aromatic nitrogens is 4. The Balaban J connectivity index is 2.06. The Bertz CT molecular complexity index is 1080. The molecule has 11 heteroatoms. The lowest BCUT2D eigenvalue weighted by Crippen LogP contribution is -2.43. The van der Waals surface area contributed by atoms with Crippen molar-refractivity contribution in [2.75, 3.05) is 23.9 Å². The molecule has 186 valence electrons. The average molecular weight is 543 g/mol. The van der Waals surface area contributed by atoms with E-state index in [4.69, 9.17) is 17.3 Å². The fraction of sp³-hybridized carbons (Fsp3) is 0.609. The standard InChI is InChI=1S/C23H33ClN5O2PS2/c1-12(2)19(30)16(9-33)32(5,17(10-34)20(31)13(3)4)15-7-6-14(8-15)29-11-26-18-21(24)27-23(25)28-22(18)29/h6-7,11-17H,8-10H2,1-5H3,(H3-,25,27,28,33,34)/p+1/t14-,15+,16+,17+/m0/s1. The van der Waals surface area contributed by atoms with Crippen molar-refractivity contribution in [3.63, 3.8) is 0 Å². The highest BCUT2D eigenvalue weighted by Gasteiger charge is 2.58. The molecule has 0 saturated carbocycles. The first kappa shape index (κ1) is 27.4. The smallest absolute Gasteiger partial charge is 0.223 e. The zero-order chi connectivity index (χ0) is 25.4. The number of carbonyl (C=O) groups is 2. The van der Waals surface area contributed by atoms with Crippen molar-refractivity contribution in [3.05, 3.63) is 23.6 Å². The lowest BCUT2D eigenvalue weighted by Gasteiger charge is -2.40. The number of nitrogen functional groups attached to an aromatic ring is 1. The van der Waals surface area contributed by atoms with Crippen LogP contribution in [0.15, 0.2) is 18.5 Å². The Morgan fingerprint density at radius 3 is 2.18 bits per heavy atom. The van der Waals surface area contributed by atoms with E-state index in [9.17, 15) is 9.59 Å². The predicted octanol–water partition coefficient (Wildman–Crippen LogP) is 4.63. The minimum absolute atomic E-state index is 0.0517. The summed E-state index contributed by atoms with van der Waals surface area (Å²) in [4.78, 5) is 39.6. The van der Waals surface area contributed by atoms with E-state index >= 15 is 0 Å². The van der Waals surface area contributed by atoms with Crippen molar-refractivity contribution in [2.45, 2.75) is 57.1 Å². The molecule has 0 spiro atoms. The molecule has 4 atom stereocenters. The third kappa shape index (κ3) is 4.91. The van der Waals surface area contributed by atoms with Gasteiger partial charge >= 0.3 is 0 Å². The van der Waals surface area contributed by atoms with Crippen LogP contribution < -0.4 is 5.73 Å². The summed E-state index contributed by atoms with van der Waals surface area (Å²) in [6.07, 6.45) is 6.71. The van der Waals surface area contributed by atoms with E-state index in [1.165, 1.54) is 0 Å². The van der Waals surface area contributed by atoms with Crippen molar-refractivity contribution in [1.82, 2.24) is 19.5 Å². The van der Waals surface area contributed by atoms with E-state index in [0.717, 1.165) is 6.42 Å². The fourth-order valence-corrected chi connectivity index (χ4v) is 12.5. The lowest BCUT2D eigenvalue weighted by molar-refractivity contribution is -0.121. The molecule has 34 heavy (non-hydrogen) atoms. The molecule has 3 rings (SSSR count). The van der Waals surface area contributed by atoms with Crippen molar-refractivity contribution < 1.29 is 9.59 Å². The first-order valence-corrected chi connectivity index (χ1v) is 15.5. The number of thiol groups is 2. The SMILES string of the molecule is CC(C)C(=O)[C@@H](CS)[P+](C)([C@@H]1C=C[C@H](n2cnc3c(Cl)nc(N)nc32)C1)[C@H](CS)C(=O)C(C)C. The fourth-order valence-electron chi connectivity index (χ4n) is 4.95. The number of ketones is 2. The van der Waals surface area contributed by atoms with Crippen LogP contribution in [-0.2, 0) is 9.59 Å². The number of allylic oxidation sites excluding steroid dienone is 2. The van der Waals surface area contributed by atoms with Crippen molar-refractivity contribution in [3.8, 4) is 0 Å². The molecule has 0 amide bonds. The van der Waals surface area contributed by atoms with Crippen molar-refractivity contribution in [1.29, 1.82) is 0 Å². The maximum atomic E-state index is 13.4. The second-order valence-corrected chi connectivity index (χ2v) is 15.1. The number of nitrogens with zero attached hydrogens (tertiary/aromatic N) is 4. The highest BCUT2D eigenvalue weighted by atomic mass is 35.5. The summed E-state index contributed by atoms with van der Waals surface area (Å²) in [6, 6.07) is -0.0517. The van der Waals surface area contributed by atoms with E-state index in [2.05, 4.69) is 59.0 Å². The van der Waals surface area contributed by atoms with Crippen LogP contribution in [0.5, 0.6) is 0 Å². The van der Waals surface area contributed by atoms with Gasteiger partial charge in [0, 0.05) is 37.0 Å². The molecule has 0 fully saturated rings. The molecular formula is C23H34ClN5O2PS2+. The highest BCUT2D eigenvalue weighted by Crippen LogP contribution is 2.71. The highest BCUT2D eigenvalue weighted by molar-refractivity contribution is 7.85. The molecule has 2 aromatic rings. The molecular weight excluding hydrogens is 509 g/mol. The normalized spacial score (nSPS) is 20.4. The summed E-state index contributed by atoms with van der Waals surface area (Å²) < 4.78 is 1.94. The van der Waals surface area contributed by atoms with Crippen LogP contribution in [0.25, 0.3) is 11.2 Å². The molecule has 0 bridgehead atoms. The van der Waals surface area contributed by atoms with Crippen LogP contribution in [-0.4, -0.2) is 66.2 Å². The quantitative estimate of drug-likeness (QED) is 0.175. The summed E-state index contributed by atoms with van der Waals surface area (Å²) in [5.74, 6) is 1.00. The van der Waals surface area contributed by atoms with E-state index in [1.807, 2.05) is 32.3 Å². The van der Waals surface area contributed by atoms with Crippen LogP contribution in [0.1, 0.15) is 40.2 Å². The van der Waals surface area contributed by atoms with Crippen LogP contribution in [0, 0.1) is 11.8 Å². The maximum absolute atomic E-state index is 13.4. The van der Waals surface area contributed by atoms with Gasteiger partial charge in [-0.25, -0.2) is 4.98 Å². The molecule has 0 aliphatic heterocycles. The second kappa shape index (κ2) is 10.9. The second-order valence-electron chi connectivity index (χ2n) is 9.68. The molecule has 2 aromatic heterocycles. The summed E-state index contributed by atoms with van der Waals surface area (Å²) in [6.45, 7) is 9.85. The summed E-state index contributed by atoms with van der Waals surface area (Å²) in [5.41, 5.74) is 6.40. The van der Waals surface area contributed by atoms with Gasteiger partial charge in [-0.15, -0.1) is 0 Å². The first-order chi connectivity index (χ1) is 16.0. The van der Waals surface area contributed by atoms with Crippen LogP contribution in [0.3, 0.4) is 0 Å². The van der Waals surface area contributed by atoms with Crippen LogP contribution in [0.4, 0.5) is 5.95 Å². The number of imidazole rings is 1. The van der Waals surface area contributed by atoms with Gasteiger partial charge in [0.25, 0.3) is 0 Å². The van der Waals surface area contributed by atoms with Crippen LogP contribution >= 0.6 is 44.1 Å². The predicted molar refractivity (Wildman–Crippen MR) is 149 cm³/mol. The van der Waals surface area contributed by atoms with Gasteiger partial charge in [0.05, 0.1) is 24.7 Å². The van der Waals surface area contributed by atoms with Gasteiger partial charge in [-0.2, -0.15) is 35.2 Å². The number of nitrogens with two attached hydrogens (primary N) is 1. The zero-order valence-corrected chi connectivity index (χ0v) is 23.7. The van der Waals surface area contributed by atoms with Gasteiger partial charge in [-0.3, -0.25) is 9.59 Å². The Morgan fingerprint density at radius 2 is 1.68 bits per heavy atom. The number of fused-ring (bicyclic) bond motifs is 1. The summed E-state index contributed by atoms with van der Waals surface area (Å²) in [5, 5.41) is 0.215.